The van der Waals surface area contributed by atoms with Crippen LogP contribution < -0.4 is 10.8 Å². The van der Waals surface area contributed by atoms with Crippen molar-refractivity contribution >= 4 is 11.7 Å². The summed E-state index contributed by atoms with van der Waals surface area (Å²) in [7, 11) is 0. The fourth-order valence-corrected chi connectivity index (χ4v) is 2.17. The maximum atomic E-state index is 12.1. The first-order valence-corrected chi connectivity index (χ1v) is 6.00. The van der Waals surface area contributed by atoms with Gasteiger partial charge in [-0.05, 0) is 37.7 Å². The molecule has 0 radical (unpaired) electrons. The molecule has 0 spiro atoms. The summed E-state index contributed by atoms with van der Waals surface area (Å²) in [5.74, 6) is -1.48. The van der Waals surface area contributed by atoms with Crippen LogP contribution in [0, 0.1) is 0 Å². The van der Waals surface area contributed by atoms with Crippen LogP contribution in [0.25, 0.3) is 0 Å². The molecule has 18 heavy (non-hydrogen) atoms. The third-order valence-corrected chi connectivity index (χ3v) is 3.23. The third-order valence-electron chi connectivity index (χ3n) is 3.23. The number of benzene rings is 1. The Morgan fingerprint density at radius 2 is 2.00 bits per heavy atom. The van der Waals surface area contributed by atoms with E-state index in [1.165, 1.54) is 12.1 Å². The summed E-state index contributed by atoms with van der Waals surface area (Å²) in [6.07, 6.45) is 0. The van der Waals surface area contributed by atoms with Crippen molar-refractivity contribution in [2.24, 2.45) is 0 Å². The Kier molecular flexibility index (Phi) is 4.55. The molecule has 0 saturated carbocycles. The molecule has 1 unspecified atom stereocenters. The average molecular weight is 251 g/mol. The van der Waals surface area contributed by atoms with E-state index in [1.54, 1.807) is 0 Å². The number of nitrogens with zero attached hydrogens (tertiary/aromatic N) is 1. The Morgan fingerprint density at radius 1 is 1.44 bits per heavy atom. The van der Waals surface area contributed by atoms with Gasteiger partial charge in [-0.2, -0.15) is 0 Å². The molecule has 0 bridgehead atoms. The SMILES string of the molecule is CCN(CC)C(C)c1c(C(=O)O)ccc(N)c1[O-]. The molecule has 1 atom stereocenters. The summed E-state index contributed by atoms with van der Waals surface area (Å²) >= 11 is 0. The number of anilines is 1. The zero-order chi connectivity index (χ0) is 13.9. The predicted molar refractivity (Wildman–Crippen MR) is 68.6 cm³/mol. The van der Waals surface area contributed by atoms with Gasteiger partial charge in [0.1, 0.15) is 0 Å². The average Bonchev–Trinajstić information content (AvgIpc) is 2.33. The van der Waals surface area contributed by atoms with Crippen LogP contribution in [-0.4, -0.2) is 29.1 Å². The van der Waals surface area contributed by atoms with Crippen LogP contribution in [0.1, 0.15) is 42.7 Å². The molecule has 100 valence electrons. The van der Waals surface area contributed by atoms with Crippen LogP contribution in [0.15, 0.2) is 12.1 Å². The normalized spacial score (nSPS) is 12.7. The number of nitrogens with two attached hydrogens (primary N) is 1. The lowest BCUT2D eigenvalue weighted by Gasteiger charge is -2.31. The second-order valence-corrected chi connectivity index (χ2v) is 4.15. The number of carboxylic acid groups (broad SMARTS) is 1. The molecule has 1 aromatic rings. The lowest BCUT2D eigenvalue weighted by atomic mass is 9.98. The molecule has 1 rings (SSSR count). The van der Waals surface area contributed by atoms with Crippen LogP contribution in [0.3, 0.4) is 0 Å². The Hall–Kier alpha value is -1.75. The van der Waals surface area contributed by atoms with Crippen molar-refractivity contribution in [1.29, 1.82) is 0 Å². The molecular weight excluding hydrogens is 232 g/mol. The Labute approximate surface area is 107 Å². The molecule has 5 heteroatoms. The van der Waals surface area contributed by atoms with Gasteiger partial charge in [0.15, 0.2) is 0 Å². The molecule has 0 fully saturated rings. The third kappa shape index (κ3) is 2.56. The number of rotatable bonds is 5. The van der Waals surface area contributed by atoms with E-state index in [-0.39, 0.29) is 28.6 Å². The highest BCUT2D eigenvalue weighted by Gasteiger charge is 2.20. The van der Waals surface area contributed by atoms with E-state index in [9.17, 15) is 9.90 Å². The number of aromatic carboxylic acids is 1. The minimum Gasteiger partial charge on any atom is -0.871 e. The van der Waals surface area contributed by atoms with E-state index >= 15 is 0 Å². The summed E-state index contributed by atoms with van der Waals surface area (Å²) < 4.78 is 0. The Balaban J connectivity index is 3.36. The first-order valence-electron chi connectivity index (χ1n) is 6.00. The van der Waals surface area contributed by atoms with E-state index in [4.69, 9.17) is 10.8 Å². The quantitative estimate of drug-likeness (QED) is 0.773. The minimum absolute atomic E-state index is 0.0357. The molecule has 0 aliphatic rings. The van der Waals surface area contributed by atoms with Crippen LogP contribution in [-0.2, 0) is 0 Å². The number of hydrogen-bond donors (Lipinski definition) is 2. The van der Waals surface area contributed by atoms with Crippen molar-refractivity contribution in [3.05, 3.63) is 23.3 Å². The van der Waals surface area contributed by atoms with Gasteiger partial charge in [-0.3, -0.25) is 4.90 Å². The maximum Gasteiger partial charge on any atom is 0.336 e. The van der Waals surface area contributed by atoms with Gasteiger partial charge >= 0.3 is 5.97 Å². The lowest BCUT2D eigenvalue weighted by molar-refractivity contribution is -0.268. The van der Waals surface area contributed by atoms with Gasteiger partial charge in [0.05, 0.1) is 5.56 Å². The van der Waals surface area contributed by atoms with Crippen molar-refractivity contribution in [3.63, 3.8) is 0 Å². The summed E-state index contributed by atoms with van der Waals surface area (Å²) in [5.41, 5.74) is 5.98. The van der Waals surface area contributed by atoms with E-state index in [1.807, 2.05) is 25.7 Å². The van der Waals surface area contributed by atoms with Crippen LogP contribution in [0.5, 0.6) is 5.75 Å². The van der Waals surface area contributed by atoms with E-state index in [2.05, 4.69) is 0 Å². The summed E-state index contributed by atoms with van der Waals surface area (Å²) in [5, 5.41) is 21.2. The first kappa shape index (κ1) is 14.3. The zero-order valence-corrected chi connectivity index (χ0v) is 10.9. The molecule has 0 heterocycles. The second kappa shape index (κ2) is 5.73. The largest absolute Gasteiger partial charge is 0.871 e. The lowest BCUT2D eigenvalue weighted by Crippen LogP contribution is -2.28. The molecule has 0 amide bonds. The van der Waals surface area contributed by atoms with Gasteiger partial charge in [-0.15, -0.1) is 0 Å². The molecule has 5 nitrogen and oxygen atoms in total. The topological polar surface area (TPSA) is 89.6 Å². The van der Waals surface area contributed by atoms with Gasteiger partial charge in [0.25, 0.3) is 0 Å². The van der Waals surface area contributed by atoms with Crippen molar-refractivity contribution in [2.45, 2.75) is 26.8 Å². The molecule has 1 aromatic carbocycles. The highest BCUT2D eigenvalue weighted by Crippen LogP contribution is 2.33. The van der Waals surface area contributed by atoms with Crippen LogP contribution in [0.2, 0.25) is 0 Å². The highest BCUT2D eigenvalue weighted by atomic mass is 16.4. The maximum absolute atomic E-state index is 12.1. The van der Waals surface area contributed by atoms with Crippen molar-refractivity contribution in [1.82, 2.24) is 4.90 Å². The second-order valence-electron chi connectivity index (χ2n) is 4.15. The predicted octanol–water partition coefficient (Wildman–Crippen LogP) is 1.44. The summed E-state index contributed by atoms with van der Waals surface area (Å²) in [6.45, 7) is 7.25. The van der Waals surface area contributed by atoms with Gasteiger partial charge in [0.2, 0.25) is 0 Å². The number of carbonyl (C=O) groups is 1. The number of hydrogen-bond acceptors (Lipinski definition) is 4. The van der Waals surface area contributed by atoms with Crippen LogP contribution in [0.4, 0.5) is 5.69 Å². The fraction of sp³-hybridized carbons (Fsp3) is 0.462. The zero-order valence-electron chi connectivity index (χ0n) is 10.9. The monoisotopic (exact) mass is 251 g/mol. The van der Waals surface area contributed by atoms with Crippen LogP contribution >= 0.6 is 0 Å². The Morgan fingerprint density at radius 3 is 2.44 bits per heavy atom. The van der Waals surface area contributed by atoms with E-state index < -0.39 is 5.97 Å². The van der Waals surface area contributed by atoms with E-state index in [0.717, 1.165) is 13.1 Å². The number of nitrogen functional groups attached to an aromatic ring is 1. The molecule has 3 N–H and O–H groups in total. The summed E-state index contributed by atoms with van der Waals surface area (Å²) in [6, 6.07) is 2.49. The van der Waals surface area contributed by atoms with Crippen molar-refractivity contribution in [3.8, 4) is 5.75 Å². The van der Waals surface area contributed by atoms with Gasteiger partial charge in [-0.25, -0.2) is 4.79 Å². The number of carboxylic acids is 1. The fourth-order valence-electron chi connectivity index (χ4n) is 2.17. The van der Waals surface area contributed by atoms with Gasteiger partial charge < -0.3 is 15.9 Å². The highest BCUT2D eigenvalue weighted by molar-refractivity contribution is 5.91. The molecule has 0 aliphatic heterocycles. The van der Waals surface area contributed by atoms with Crippen molar-refractivity contribution < 1.29 is 15.0 Å². The van der Waals surface area contributed by atoms with E-state index in [0.29, 0.717) is 0 Å². The smallest absolute Gasteiger partial charge is 0.336 e. The molecular formula is C13H19N2O3-. The van der Waals surface area contributed by atoms with Crippen molar-refractivity contribution in [2.75, 3.05) is 18.8 Å². The minimum atomic E-state index is -1.10. The standard InChI is InChI=1S/C13H20N2O3/c1-4-15(5-2)8(3)11-9(13(17)18)6-7-10(14)12(11)16/h6-8,16H,4-5,14H2,1-3H3,(H,17,18)/p-1. The van der Waals surface area contributed by atoms with Gasteiger partial charge in [0, 0.05) is 11.7 Å². The Bertz CT molecular complexity index is 442. The van der Waals surface area contributed by atoms with Gasteiger partial charge in [-0.1, -0.05) is 19.6 Å². The summed E-state index contributed by atoms with van der Waals surface area (Å²) in [4.78, 5) is 13.2. The molecule has 0 aliphatic carbocycles. The first-order chi connectivity index (χ1) is 8.43. The molecule has 0 saturated heterocycles. The molecule has 0 aromatic heterocycles.